The molecule has 144 valence electrons. The van der Waals surface area contributed by atoms with Gasteiger partial charge in [-0.15, -0.1) is 0 Å². The van der Waals surface area contributed by atoms with Crippen molar-refractivity contribution >= 4 is 11.6 Å². The largest absolute Gasteiger partial charge is 0.393 e. The van der Waals surface area contributed by atoms with E-state index in [2.05, 4.69) is 13.5 Å². The summed E-state index contributed by atoms with van der Waals surface area (Å²) >= 11 is 0. The summed E-state index contributed by atoms with van der Waals surface area (Å²) in [5.41, 5.74) is -1.76. The number of carbonyl (C=O) groups is 2. The first-order chi connectivity index (χ1) is 12.1. The van der Waals surface area contributed by atoms with E-state index >= 15 is 0 Å². The van der Waals surface area contributed by atoms with Gasteiger partial charge in [0.25, 0.3) is 0 Å². The van der Waals surface area contributed by atoms with Gasteiger partial charge < -0.3 is 10.2 Å². The van der Waals surface area contributed by atoms with Gasteiger partial charge in [0.2, 0.25) is 0 Å². The highest BCUT2D eigenvalue weighted by Crippen LogP contribution is 2.68. The number of carbonyl (C=O) groups excluding carboxylic acids is 2. The van der Waals surface area contributed by atoms with Gasteiger partial charge in [0.05, 0.1) is 6.10 Å². The topological polar surface area (TPSA) is 74.6 Å². The van der Waals surface area contributed by atoms with Crippen LogP contribution in [0.4, 0.5) is 0 Å². The Labute approximate surface area is 156 Å². The third-order valence-electron chi connectivity index (χ3n) is 9.03. The normalized spacial score (nSPS) is 53.7. The minimum atomic E-state index is -1.57. The van der Waals surface area contributed by atoms with Crippen LogP contribution in [0.2, 0.25) is 0 Å². The summed E-state index contributed by atoms with van der Waals surface area (Å²) in [6, 6.07) is 0. The Bertz CT molecular complexity index is 684. The van der Waals surface area contributed by atoms with Crippen LogP contribution in [0.25, 0.3) is 0 Å². The van der Waals surface area contributed by atoms with Crippen molar-refractivity contribution in [1.82, 2.24) is 0 Å². The highest BCUT2D eigenvalue weighted by molar-refractivity contribution is 5.93. The van der Waals surface area contributed by atoms with Crippen molar-refractivity contribution in [2.24, 2.45) is 34.5 Å². The predicted molar refractivity (Wildman–Crippen MR) is 98.3 cm³/mol. The summed E-state index contributed by atoms with van der Waals surface area (Å²) in [6.07, 6.45) is 5.12. The Kier molecular flexibility index (Phi) is 3.89. The number of hydrogen-bond acceptors (Lipinski definition) is 4. The van der Waals surface area contributed by atoms with E-state index in [0.717, 1.165) is 32.1 Å². The van der Waals surface area contributed by atoms with Gasteiger partial charge in [-0.25, -0.2) is 0 Å². The van der Waals surface area contributed by atoms with Gasteiger partial charge in [-0.05, 0) is 74.2 Å². The fourth-order valence-electron chi connectivity index (χ4n) is 7.66. The van der Waals surface area contributed by atoms with Gasteiger partial charge in [-0.3, -0.25) is 9.59 Å². The Balaban J connectivity index is 1.75. The zero-order chi connectivity index (χ0) is 19.1. The Morgan fingerprint density at radius 2 is 1.92 bits per heavy atom. The second-order valence-corrected chi connectivity index (χ2v) is 10.1. The standard InChI is InChI=1S/C22H32O4/c1-12-9-17-16-6-5-14-10-15(24)7-8-20(14,3)19(16)18(25)11-21(17,4)22(12,26)13(2)23/h14-17,19,24,26H,1,5-11H2,2-4H3/t14?,15?,16-,17-,19+,20-,21-,22-/m0/s1. The van der Waals surface area contributed by atoms with E-state index in [-0.39, 0.29) is 47.3 Å². The van der Waals surface area contributed by atoms with Gasteiger partial charge in [0, 0.05) is 17.8 Å². The van der Waals surface area contributed by atoms with Crippen LogP contribution < -0.4 is 0 Å². The Morgan fingerprint density at radius 3 is 2.58 bits per heavy atom. The average Bonchev–Trinajstić information content (AvgIpc) is 2.76. The maximum atomic E-state index is 13.4. The molecule has 0 aliphatic heterocycles. The van der Waals surface area contributed by atoms with Gasteiger partial charge in [-0.1, -0.05) is 20.4 Å². The molecule has 0 amide bonds. The fraction of sp³-hybridized carbons (Fsp3) is 0.818. The van der Waals surface area contributed by atoms with Crippen LogP contribution in [0.15, 0.2) is 12.2 Å². The number of hydrogen-bond donors (Lipinski definition) is 2. The highest BCUT2D eigenvalue weighted by atomic mass is 16.3. The molecule has 0 bridgehead atoms. The number of ketones is 2. The summed E-state index contributed by atoms with van der Waals surface area (Å²) in [4.78, 5) is 25.8. The lowest BCUT2D eigenvalue weighted by molar-refractivity contribution is -0.175. The molecule has 2 unspecified atom stereocenters. The third-order valence-corrected chi connectivity index (χ3v) is 9.03. The van der Waals surface area contributed by atoms with E-state index in [4.69, 9.17) is 0 Å². The summed E-state index contributed by atoms with van der Waals surface area (Å²) < 4.78 is 0. The number of aliphatic hydroxyl groups excluding tert-OH is 1. The molecule has 4 fully saturated rings. The van der Waals surface area contributed by atoms with Crippen molar-refractivity contribution in [3.8, 4) is 0 Å². The minimum absolute atomic E-state index is 0.00562. The molecule has 0 saturated heterocycles. The number of fused-ring (bicyclic) bond motifs is 5. The SMILES string of the molecule is C=C1C[C@H]2[C@@H]3CCC4CC(O)CC[C@]4(C)[C@H]3C(=O)C[C@]2(C)[C@@]1(O)C(C)=O. The van der Waals surface area contributed by atoms with Crippen LogP contribution in [0.3, 0.4) is 0 Å². The number of Topliss-reactive ketones (excluding diaryl/α,β-unsaturated/α-hetero) is 2. The molecule has 2 N–H and O–H groups in total. The van der Waals surface area contributed by atoms with E-state index in [1.807, 2.05) is 6.92 Å². The third kappa shape index (κ3) is 2.03. The molecule has 8 atom stereocenters. The molecule has 4 aliphatic carbocycles. The lowest BCUT2D eigenvalue weighted by Gasteiger charge is -2.60. The lowest BCUT2D eigenvalue weighted by Crippen LogP contribution is -2.61. The molecule has 4 saturated carbocycles. The molecule has 0 aromatic rings. The van der Waals surface area contributed by atoms with E-state index in [9.17, 15) is 19.8 Å². The average molecular weight is 360 g/mol. The van der Waals surface area contributed by atoms with E-state index < -0.39 is 11.0 Å². The molecule has 0 aromatic heterocycles. The Hall–Kier alpha value is -1.00. The summed E-state index contributed by atoms with van der Waals surface area (Å²) in [5, 5.41) is 21.4. The maximum absolute atomic E-state index is 13.4. The molecule has 0 heterocycles. The van der Waals surface area contributed by atoms with E-state index in [0.29, 0.717) is 17.9 Å². The van der Waals surface area contributed by atoms with E-state index in [1.165, 1.54) is 6.92 Å². The molecule has 4 rings (SSSR count). The van der Waals surface area contributed by atoms with Crippen molar-refractivity contribution in [2.75, 3.05) is 0 Å². The summed E-state index contributed by atoms with van der Waals surface area (Å²) in [6.45, 7) is 9.67. The van der Waals surface area contributed by atoms with Crippen LogP contribution >= 0.6 is 0 Å². The highest BCUT2D eigenvalue weighted by Gasteiger charge is 2.69. The zero-order valence-corrected chi connectivity index (χ0v) is 16.3. The lowest BCUT2D eigenvalue weighted by atomic mass is 9.44. The fourth-order valence-corrected chi connectivity index (χ4v) is 7.66. The van der Waals surface area contributed by atoms with E-state index in [1.54, 1.807) is 0 Å². The number of aliphatic hydroxyl groups is 2. The van der Waals surface area contributed by atoms with Gasteiger partial charge in [0.1, 0.15) is 11.4 Å². The van der Waals surface area contributed by atoms with Crippen molar-refractivity contribution < 1.29 is 19.8 Å². The van der Waals surface area contributed by atoms with Crippen molar-refractivity contribution in [3.63, 3.8) is 0 Å². The monoisotopic (exact) mass is 360 g/mol. The first-order valence-corrected chi connectivity index (χ1v) is 10.2. The second-order valence-electron chi connectivity index (χ2n) is 10.1. The summed E-state index contributed by atoms with van der Waals surface area (Å²) in [5.74, 6) is 0.677. The van der Waals surface area contributed by atoms with Crippen LogP contribution in [0.1, 0.15) is 65.7 Å². The van der Waals surface area contributed by atoms with Gasteiger partial charge in [-0.2, -0.15) is 0 Å². The number of rotatable bonds is 1. The van der Waals surface area contributed by atoms with Crippen molar-refractivity contribution in [3.05, 3.63) is 12.2 Å². The molecule has 0 radical (unpaired) electrons. The Morgan fingerprint density at radius 1 is 1.23 bits per heavy atom. The first-order valence-electron chi connectivity index (χ1n) is 10.2. The first kappa shape index (κ1) is 18.4. The molecule has 4 aliphatic rings. The molecule has 4 heteroatoms. The maximum Gasteiger partial charge on any atom is 0.166 e. The van der Waals surface area contributed by atoms with Crippen molar-refractivity contribution in [1.29, 1.82) is 0 Å². The van der Waals surface area contributed by atoms with Crippen LogP contribution in [0.5, 0.6) is 0 Å². The van der Waals surface area contributed by atoms with Crippen molar-refractivity contribution in [2.45, 2.75) is 77.4 Å². The molecule has 0 spiro atoms. The van der Waals surface area contributed by atoms with Crippen LogP contribution in [-0.2, 0) is 9.59 Å². The van der Waals surface area contributed by atoms with Gasteiger partial charge in [0.15, 0.2) is 5.78 Å². The van der Waals surface area contributed by atoms with Gasteiger partial charge >= 0.3 is 0 Å². The second kappa shape index (κ2) is 5.51. The summed E-state index contributed by atoms with van der Waals surface area (Å²) in [7, 11) is 0. The van der Waals surface area contributed by atoms with Crippen LogP contribution in [-0.4, -0.2) is 33.5 Å². The molecular weight excluding hydrogens is 328 g/mol. The molecular formula is C22H32O4. The molecule has 4 nitrogen and oxygen atoms in total. The quantitative estimate of drug-likeness (QED) is 0.705. The predicted octanol–water partition coefficient (Wildman–Crippen LogP) is 3.06. The minimum Gasteiger partial charge on any atom is -0.393 e. The molecule has 0 aromatic carbocycles. The zero-order valence-electron chi connectivity index (χ0n) is 16.3. The molecule has 26 heavy (non-hydrogen) atoms. The smallest absolute Gasteiger partial charge is 0.166 e. The van der Waals surface area contributed by atoms with Crippen LogP contribution in [0, 0.1) is 34.5 Å².